The third kappa shape index (κ3) is 3.43. The van der Waals surface area contributed by atoms with Gasteiger partial charge in [0.25, 0.3) is 0 Å². The molecule has 0 aliphatic heterocycles. The summed E-state index contributed by atoms with van der Waals surface area (Å²) in [6.07, 6.45) is 0. The molecule has 0 aliphatic carbocycles. The Labute approximate surface area is 117 Å². The molecule has 0 atom stereocenters. The smallest absolute Gasteiger partial charge is 0.0939 e. The zero-order valence-electron chi connectivity index (χ0n) is 10.5. The van der Waals surface area contributed by atoms with Gasteiger partial charge >= 0.3 is 0 Å². The molecular weight excluding hydrogens is 266 g/mol. The van der Waals surface area contributed by atoms with Crippen molar-refractivity contribution >= 4 is 29.1 Å². The highest BCUT2D eigenvalue weighted by Gasteiger charge is 2.02. The summed E-state index contributed by atoms with van der Waals surface area (Å²) in [4.78, 5) is 0. The molecule has 0 spiro atoms. The summed E-state index contributed by atoms with van der Waals surface area (Å²) in [5.41, 5.74) is 2.04. The Balaban J connectivity index is 1.80. The molecule has 0 amide bonds. The van der Waals surface area contributed by atoms with Gasteiger partial charge in [-0.15, -0.1) is 11.8 Å². The zero-order chi connectivity index (χ0) is 13.0. The summed E-state index contributed by atoms with van der Waals surface area (Å²) in [5.74, 6) is 0.976. The van der Waals surface area contributed by atoms with Crippen LogP contribution in [0.4, 0.5) is 5.69 Å². The molecule has 2 rings (SSSR count). The standard InChI is InChI=1S/C13H16ClN3S/c1-10-9-13(17(2)16-10)18-8-7-15-12-6-4-3-5-11(12)14/h3-6,9,15H,7-8H2,1-2H3. The van der Waals surface area contributed by atoms with Gasteiger partial charge in [0.1, 0.15) is 0 Å². The van der Waals surface area contributed by atoms with Crippen molar-refractivity contribution in [3.05, 3.63) is 41.0 Å². The molecule has 0 radical (unpaired) electrons. The van der Waals surface area contributed by atoms with Crippen LogP contribution in [0.15, 0.2) is 35.4 Å². The second kappa shape index (κ2) is 6.16. The first-order valence-electron chi connectivity index (χ1n) is 5.78. The van der Waals surface area contributed by atoms with E-state index < -0.39 is 0 Å². The number of hydrogen-bond acceptors (Lipinski definition) is 3. The van der Waals surface area contributed by atoms with Crippen molar-refractivity contribution in [2.24, 2.45) is 7.05 Å². The van der Waals surface area contributed by atoms with Crippen molar-refractivity contribution in [2.75, 3.05) is 17.6 Å². The summed E-state index contributed by atoms with van der Waals surface area (Å²) in [5, 5.41) is 9.59. The van der Waals surface area contributed by atoms with E-state index in [0.29, 0.717) is 0 Å². The molecule has 0 aliphatic rings. The molecule has 2 aromatic rings. The second-order valence-corrected chi connectivity index (χ2v) is 5.53. The van der Waals surface area contributed by atoms with Crippen LogP contribution in [-0.2, 0) is 7.05 Å². The van der Waals surface area contributed by atoms with E-state index in [4.69, 9.17) is 11.6 Å². The predicted molar refractivity (Wildman–Crippen MR) is 78.6 cm³/mol. The summed E-state index contributed by atoms with van der Waals surface area (Å²) >= 11 is 7.85. The maximum atomic E-state index is 6.07. The summed E-state index contributed by atoms with van der Waals surface area (Å²) in [7, 11) is 1.97. The van der Waals surface area contributed by atoms with Crippen LogP contribution in [0.25, 0.3) is 0 Å². The molecule has 1 aromatic carbocycles. The van der Waals surface area contributed by atoms with E-state index in [-0.39, 0.29) is 0 Å². The largest absolute Gasteiger partial charge is 0.383 e. The maximum Gasteiger partial charge on any atom is 0.0939 e. The van der Waals surface area contributed by atoms with Crippen LogP contribution in [0.3, 0.4) is 0 Å². The second-order valence-electron chi connectivity index (χ2n) is 4.00. The minimum absolute atomic E-state index is 0.763. The number of rotatable bonds is 5. The molecule has 1 N–H and O–H groups in total. The van der Waals surface area contributed by atoms with E-state index in [0.717, 1.165) is 28.7 Å². The Kier molecular flexibility index (Phi) is 4.55. The average molecular weight is 282 g/mol. The molecular formula is C13H16ClN3S. The van der Waals surface area contributed by atoms with Crippen LogP contribution in [0.1, 0.15) is 5.69 Å². The third-order valence-corrected chi connectivity index (χ3v) is 3.92. The summed E-state index contributed by atoms with van der Waals surface area (Å²) in [6, 6.07) is 9.88. The Morgan fingerprint density at radius 3 is 2.83 bits per heavy atom. The lowest BCUT2D eigenvalue weighted by atomic mass is 10.3. The monoisotopic (exact) mass is 281 g/mol. The minimum Gasteiger partial charge on any atom is -0.383 e. The number of anilines is 1. The lowest BCUT2D eigenvalue weighted by Gasteiger charge is -2.07. The van der Waals surface area contributed by atoms with E-state index in [9.17, 15) is 0 Å². The molecule has 0 saturated carbocycles. The number of aromatic nitrogens is 2. The van der Waals surface area contributed by atoms with Crippen LogP contribution in [0.2, 0.25) is 5.02 Å². The van der Waals surface area contributed by atoms with Crippen molar-refractivity contribution in [1.29, 1.82) is 0 Å². The molecule has 18 heavy (non-hydrogen) atoms. The van der Waals surface area contributed by atoms with Gasteiger partial charge in [0.2, 0.25) is 0 Å². The van der Waals surface area contributed by atoms with Gasteiger partial charge in [-0.3, -0.25) is 4.68 Å². The lowest BCUT2D eigenvalue weighted by molar-refractivity contribution is 0.692. The minimum atomic E-state index is 0.763. The Hall–Kier alpha value is -1.13. The Morgan fingerprint density at radius 2 is 2.17 bits per heavy atom. The fourth-order valence-electron chi connectivity index (χ4n) is 1.67. The van der Waals surface area contributed by atoms with Gasteiger partial charge in [-0.25, -0.2) is 0 Å². The van der Waals surface area contributed by atoms with Crippen molar-refractivity contribution in [1.82, 2.24) is 9.78 Å². The summed E-state index contributed by atoms with van der Waals surface area (Å²) in [6.45, 7) is 2.88. The number of nitrogens with zero attached hydrogens (tertiary/aromatic N) is 2. The topological polar surface area (TPSA) is 29.9 Å². The van der Waals surface area contributed by atoms with Gasteiger partial charge in [0, 0.05) is 19.3 Å². The Bertz CT molecular complexity index is 525. The van der Waals surface area contributed by atoms with E-state index in [1.807, 2.05) is 42.9 Å². The third-order valence-electron chi connectivity index (χ3n) is 2.50. The van der Waals surface area contributed by atoms with Crippen LogP contribution in [0.5, 0.6) is 0 Å². The van der Waals surface area contributed by atoms with Gasteiger partial charge in [0.05, 0.1) is 21.4 Å². The molecule has 0 fully saturated rings. The fourth-order valence-corrected chi connectivity index (χ4v) is 2.77. The maximum absolute atomic E-state index is 6.07. The molecule has 0 unspecified atom stereocenters. The van der Waals surface area contributed by atoms with E-state index in [2.05, 4.69) is 16.5 Å². The van der Waals surface area contributed by atoms with Crippen LogP contribution >= 0.6 is 23.4 Å². The van der Waals surface area contributed by atoms with E-state index in [1.165, 1.54) is 5.03 Å². The van der Waals surface area contributed by atoms with Gasteiger partial charge in [-0.1, -0.05) is 23.7 Å². The van der Waals surface area contributed by atoms with Gasteiger partial charge in [0.15, 0.2) is 0 Å². The fraction of sp³-hybridized carbons (Fsp3) is 0.308. The highest BCUT2D eigenvalue weighted by molar-refractivity contribution is 7.99. The highest BCUT2D eigenvalue weighted by Crippen LogP contribution is 2.21. The predicted octanol–water partition coefficient (Wildman–Crippen LogP) is 3.59. The zero-order valence-corrected chi connectivity index (χ0v) is 12.1. The number of hydrogen-bond donors (Lipinski definition) is 1. The van der Waals surface area contributed by atoms with E-state index in [1.54, 1.807) is 11.8 Å². The highest BCUT2D eigenvalue weighted by atomic mass is 35.5. The van der Waals surface area contributed by atoms with Crippen molar-refractivity contribution < 1.29 is 0 Å². The van der Waals surface area contributed by atoms with Crippen molar-refractivity contribution in [2.45, 2.75) is 11.9 Å². The van der Waals surface area contributed by atoms with Crippen molar-refractivity contribution in [3.63, 3.8) is 0 Å². The number of para-hydroxylation sites is 1. The van der Waals surface area contributed by atoms with Gasteiger partial charge < -0.3 is 5.32 Å². The molecule has 96 valence electrons. The molecule has 5 heteroatoms. The van der Waals surface area contributed by atoms with Gasteiger partial charge in [-0.05, 0) is 25.1 Å². The molecule has 1 aromatic heterocycles. The quantitative estimate of drug-likeness (QED) is 0.671. The number of thioether (sulfide) groups is 1. The number of aryl methyl sites for hydroxylation is 2. The van der Waals surface area contributed by atoms with Gasteiger partial charge in [-0.2, -0.15) is 5.10 Å². The lowest BCUT2D eigenvalue weighted by Crippen LogP contribution is -2.05. The van der Waals surface area contributed by atoms with Crippen LogP contribution < -0.4 is 5.32 Å². The number of nitrogens with one attached hydrogen (secondary N) is 1. The number of benzene rings is 1. The van der Waals surface area contributed by atoms with E-state index >= 15 is 0 Å². The summed E-state index contributed by atoms with van der Waals surface area (Å²) < 4.78 is 1.91. The number of halogens is 1. The first kappa shape index (κ1) is 13.3. The first-order chi connectivity index (χ1) is 8.66. The first-order valence-corrected chi connectivity index (χ1v) is 7.15. The average Bonchev–Trinajstić information content (AvgIpc) is 2.65. The molecule has 1 heterocycles. The van der Waals surface area contributed by atoms with Crippen LogP contribution in [0, 0.1) is 6.92 Å². The molecule has 0 saturated heterocycles. The molecule has 3 nitrogen and oxygen atoms in total. The van der Waals surface area contributed by atoms with Crippen molar-refractivity contribution in [3.8, 4) is 0 Å². The molecule has 0 bridgehead atoms. The van der Waals surface area contributed by atoms with Crippen LogP contribution in [-0.4, -0.2) is 22.1 Å². The normalized spacial score (nSPS) is 10.6. The Morgan fingerprint density at radius 1 is 1.39 bits per heavy atom. The SMILES string of the molecule is Cc1cc(SCCNc2ccccc2Cl)n(C)n1.